The molecule has 2 aromatic rings. The SMILES string of the molecule is COC(=O)c1c[nH]c(C)cc1=O.c1cncnc1. The number of rotatable bonds is 1. The van der Waals surface area contributed by atoms with E-state index in [1.807, 2.05) is 0 Å². The van der Waals surface area contributed by atoms with Crippen molar-refractivity contribution in [2.75, 3.05) is 7.11 Å². The Morgan fingerprint density at radius 1 is 1.33 bits per heavy atom. The van der Waals surface area contributed by atoms with Gasteiger partial charge in [-0.3, -0.25) is 4.79 Å². The number of ether oxygens (including phenoxy) is 1. The maximum absolute atomic E-state index is 11.1. The van der Waals surface area contributed by atoms with E-state index in [0.29, 0.717) is 5.69 Å². The van der Waals surface area contributed by atoms with Gasteiger partial charge >= 0.3 is 5.97 Å². The van der Waals surface area contributed by atoms with Gasteiger partial charge in [0.1, 0.15) is 11.9 Å². The van der Waals surface area contributed by atoms with Crippen LogP contribution in [0.1, 0.15) is 16.1 Å². The van der Waals surface area contributed by atoms with Crippen molar-refractivity contribution in [2.24, 2.45) is 0 Å². The Hall–Kier alpha value is -2.50. The summed E-state index contributed by atoms with van der Waals surface area (Å²) in [6.45, 7) is 1.74. The molecular formula is C12H13N3O3. The summed E-state index contributed by atoms with van der Waals surface area (Å²) in [6, 6.07) is 3.13. The molecule has 18 heavy (non-hydrogen) atoms. The van der Waals surface area contributed by atoms with Crippen molar-refractivity contribution in [2.45, 2.75) is 6.92 Å². The van der Waals surface area contributed by atoms with E-state index in [0.717, 1.165) is 0 Å². The lowest BCUT2D eigenvalue weighted by atomic mass is 10.2. The highest BCUT2D eigenvalue weighted by Crippen LogP contribution is 1.93. The summed E-state index contributed by atoms with van der Waals surface area (Å²) in [5.74, 6) is -0.615. The van der Waals surface area contributed by atoms with Gasteiger partial charge in [-0.1, -0.05) is 0 Å². The van der Waals surface area contributed by atoms with Crippen LogP contribution in [0.3, 0.4) is 0 Å². The Bertz CT molecular complexity index is 525. The molecule has 2 aromatic heterocycles. The number of hydrogen-bond acceptors (Lipinski definition) is 5. The van der Waals surface area contributed by atoms with Gasteiger partial charge in [0.2, 0.25) is 0 Å². The van der Waals surface area contributed by atoms with Crippen LogP contribution in [-0.4, -0.2) is 28.0 Å². The fraction of sp³-hybridized carbons (Fsp3) is 0.167. The molecule has 0 aliphatic heterocycles. The van der Waals surface area contributed by atoms with Gasteiger partial charge < -0.3 is 9.72 Å². The first-order valence-corrected chi connectivity index (χ1v) is 5.12. The van der Waals surface area contributed by atoms with E-state index < -0.39 is 5.97 Å². The lowest BCUT2D eigenvalue weighted by molar-refractivity contribution is 0.0599. The van der Waals surface area contributed by atoms with Gasteiger partial charge in [-0.25, -0.2) is 14.8 Å². The number of esters is 1. The van der Waals surface area contributed by atoms with Gasteiger partial charge in [0.15, 0.2) is 5.43 Å². The summed E-state index contributed by atoms with van der Waals surface area (Å²) in [5.41, 5.74) is 0.425. The molecule has 0 aromatic carbocycles. The normalized spacial score (nSPS) is 9.00. The number of hydrogen-bond donors (Lipinski definition) is 1. The highest BCUT2D eigenvalue weighted by atomic mass is 16.5. The number of pyridine rings is 1. The molecular weight excluding hydrogens is 234 g/mol. The number of carbonyl (C=O) groups excluding carboxylic acids is 1. The smallest absolute Gasteiger partial charge is 0.343 e. The van der Waals surface area contributed by atoms with Crippen LogP contribution in [0.25, 0.3) is 0 Å². The molecule has 0 fully saturated rings. The van der Waals surface area contributed by atoms with E-state index >= 15 is 0 Å². The van der Waals surface area contributed by atoms with Gasteiger partial charge in [-0.2, -0.15) is 0 Å². The summed E-state index contributed by atoms with van der Waals surface area (Å²) in [6.07, 6.45) is 6.23. The average molecular weight is 247 g/mol. The van der Waals surface area contributed by atoms with Crippen molar-refractivity contribution in [3.05, 3.63) is 58.5 Å². The van der Waals surface area contributed by atoms with Gasteiger partial charge in [0.05, 0.1) is 7.11 Å². The summed E-state index contributed by atoms with van der Waals surface area (Å²) in [5, 5.41) is 0. The Balaban J connectivity index is 0.000000225. The molecule has 0 saturated heterocycles. The molecule has 0 spiro atoms. The van der Waals surface area contributed by atoms with Crippen molar-refractivity contribution in [3.63, 3.8) is 0 Å². The predicted molar refractivity (Wildman–Crippen MR) is 65.2 cm³/mol. The second-order valence-corrected chi connectivity index (χ2v) is 3.29. The second-order valence-electron chi connectivity index (χ2n) is 3.29. The number of carbonyl (C=O) groups is 1. The molecule has 0 atom stereocenters. The first-order valence-electron chi connectivity index (χ1n) is 5.12. The number of methoxy groups -OCH3 is 1. The number of nitrogens with zero attached hydrogens (tertiary/aromatic N) is 2. The number of nitrogens with one attached hydrogen (secondary N) is 1. The van der Waals surface area contributed by atoms with Crippen LogP contribution >= 0.6 is 0 Å². The maximum atomic E-state index is 11.1. The van der Waals surface area contributed by atoms with Gasteiger partial charge in [-0.05, 0) is 13.0 Å². The highest BCUT2D eigenvalue weighted by molar-refractivity contribution is 5.88. The van der Waals surface area contributed by atoms with Crippen LogP contribution in [-0.2, 0) is 4.74 Å². The van der Waals surface area contributed by atoms with Crippen LogP contribution in [0.15, 0.2) is 41.8 Å². The van der Waals surface area contributed by atoms with Crippen LogP contribution in [0.2, 0.25) is 0 Å². The minimum atomic E-state index is -0.615. The molecule has 2 rings (SSSR count). The topological polar surface area (TPSA) is 84.9 Å². The third-order valence-electron chi connectivity index (χ3n) is 1.94. The molecule has 0 amide bonds. The van der Waals surface area contributed by atoms with Crippen molar-refractivity contribution in [3.8, 4) is 0 Å². The van der Waals surface area contributed by atoms with Crippen LogP contribution in [0.5, 0.6) is 0 Å². The molecule has 2 heterocycles. The standard InChI is InChI=1S/C8H9NO3.C4H4N2/c1-5-3-7(10)6(4-9-5)8(11)12-2;1-2-5-4-6-3-1/h3-4H,1-2H3,(H,9,10);1-4H. The van der Waals surface area contributed by atoms with E-state index in [-0.39, 0.29) is 11.0 Å². The summed E-state index contributed by atoms with van der Waals surface area (Å²) >= 11 is 0. The fourth-order valence-electron chi connectivity index (χ4n) is 1.10. The summed E-state index contributed by atoms with van der Waals surface area (Å²) in [4.78, 5) is 32.1. The molecule has 6 nitrogen and oxygen atoms in total. The van der Waals surface area contributed by atoms with E-state index in [4.69, 9.17) is 0 Å². The van der Waals surface area contributed by atoms with Crippen molar-refractivity contribution >= 4 is 5.97 Å². The summed E-state index contributed by atoms with van der Waals surface area (Å²) < 4.78 is 4.40. The van der Waals surface area contributed by atoms with E-state index in [1.165, 1.54) is 25.7 Å². The molecule has 0 radical (unpaired) electrons. The molecule has 0 bridgehead atoms. The van der Waals surface area contributed by atoms with Crippen molar-refractivity contribution in [1.29, 1.82) is 0 Å². The minimum Gasteiger partial charge on any atom is -0.465 e. The van der Waals surface area contributed by atoms with Crippen LogP contribution in [0, 0.1) is 6.92 Å². The van der Waals surface area contributed by atoms with E-state index in [9.17, 15) is 9.59 Å². The molecule has 0 aliphatic rings. The molecule has 6 heteroatoms. The van der Waals surface area contributed by atoms with Crippen molar-refractivity contribution < 1.29 is 9.53 Å². The highest BCUT2D eigenvalue weighted by Gasteiger charge is 2.08. The second kappa shape index (κ2) is 6.95. The van der Waals surface area contributed by atoms with Crippen LogP contribution < -0.4 is 5.43 Å². The Kier molecular flexibility index (Phi) is 5.24. The fourth-order valence-corrected chi connectivity index (χ4v) is 1.10. The predicted octanol–water partition coefficient (Wildman–Crippen LogP) is 0.947. The Morgan fingerprint density at radius 2 is 2.00 bits per heavy atom. The monoisotopic (exact) mass is 247 g/mol. The van der Waals surface area contributed by atoms with Crippen LogP contribution in [0.4, 0.5) is 0 Å². The summed E-state index contributed by atoms with van der Waals surface area (Å²) in [7, 11) is 1.24. The van der Waals surface area contributed by atoms with E-state index in [1.54, 1.807) is 25.4 Å². The first-order chi connectivity index (χ1) is 8.65. The first kappa shape index (κ1) is 13.6. The third kappa shape index (κ3) is 4.17. The molecule has 0 aliphatic carbocycles. The molecule has 0 unspecified atom stereocenters. The molecule has 0 saturated carbocycles. The Labute approximate surface area is 104 Å². The lowest BCUT2D eigenvalue weighted by Gasteiger charge is -1.97. The maximum Gasteiger partial charge on any atom is 0.343 e. The number of aromatic amines is 1. The quantitative estimate of drug-likeness (QED) is 0.758. The van der Waals surface area contributed by atoms with Gasteiger partial charge in [0.25, 0.3) is 0 Å². The Morgan fingerprint density at radius 3 is 2.39 bits per heavy atom. The number of H-pyrrole nitrogens is 1. The van der Waals surface area contributed by atoms with Gasteiger partial charge in [-0.15, -0.1) is 0 Å². The average Bonchev–Trinajstić information content (AvgIpc) is 2.41. The van der Waals surface area contributed by atoms with E-state index in [2.05, 4.69) is 19.7 Å². The molecule has 1 N–H and O–H groups in total. The number of aryl methyl sites for hydroxylation is 1. The van der Waals surface area contributed by atoms with Crippen molar-refractivity contribution in [1.82, 2.24) is 15.0 Å². The van der Waals surface area contributed by atoms with Gasteiger partial charge in [0, 0.05) is 30.4 Å². The minimum absolute atomic E-state index is 0.0306. The lowest BCUT2D eigenvalue weighted by Crippen LogP contribution is -2.16. The zero-order valence-electron chi connectivity index (χ0n) is 10.1. The number of aromatic nitrogens is 3. The zero-order valence-corrected chi connectivity index (χ0v) is 10.1. The zero-order chi connectivity index (χ0) is 13.4. The molecule has 94 valence electrons. The largest absolute Gasteiger partial charge is 0.465 e. The third-order valence-corrected chi connectivity index (χ3v) is 1.94.